The molecule has 1 amide bonds. The second-order valence-electron chi connectivity index (χ2n) is 7.43. The van der Waals surface area contributed by atoms with Crippen LogP contribution in [0.4, 0.5) is 5.13 Å². The first-order valence-corrected chi connectivity index (χ1v) is 11.6. The molecule has 1 N–H and O–H groups in total. The van der Waals surface area contributed by atoms with Gasteiger partial charge < -0.3 is 10.2 Å². The Morgan fingerprint density at radius 2 is 1.96 bits per heavy atom. The molecule has 0 bridgehead atoms. The third-order valence-corrected chi connectivity index (χ3v) is 7.66. The maximum Gasteiger partial charge on any atom is 0.233 e. The molecule has 1 aromatic heterocycles. The monoisotopic (exact) mass is 402 g/mol. The van der Waals surface area contributed by atoms with Gasteiger partial charge in [-0.2, -0.15) is 0 Å². The Morgan fingerprint density at radius 1 is 1.15 bits per heavy atom. The molecule has 0 unspecified atom stereocenters. The second-order valence-corrected chi connectivity index (χ2v) is 9.63. The van der Waals surface area contributed by atoms with Crippen LogP contribution in [0.5, 0.6) is 0 Å². The van der Waals surface area contributed by atoms with Crippen molar-refractivity contribution >= 4 is 34.1 Å². The van der Waals surface area contributed by atoms with Crippen molar-refractivity contribution in [3.8, 4) is 0 Å². The highest BCUT2D eigenvalue weighted by molar-refractivity contribution is 8.01. The van der Waals surface area contributed by atoms with Crippen LogP contribution < -0.4 is 5.32 Å². The zero-order valence-electron chi connectivity index (χ0n) is 15.5. The molecule has 2 aliphatic rings. The average Bonchev–Trinajstić information content (AvgIpc) is 3.19. The highest BCUT2D eigenvalue weighted by Gasteiger charge is 2.32. The summed E-state index contributed by atoms with van der Waals surface area (Å²) in [6, 6.07) is 10.2. The van der Waals surface area contributed by atoms with Crippen molar-refractivity contribution in [3.63, 3.8) is 0 Å². The van der Waals surface area contributed by atoms with E-state index in [0.717, 1.165) is 40.9 Å². The molecule has 0 radical (unpaired) electrons. The molecular formula is C20H26N4OS2. The maximum atomic E-state index is 12.6. The fourth-order valence-electron chi connectivity index (χ4n) is 4.16. The Bertz CT molecular complexity index is 751. The topological polar surface area (TPSA) is 58.1 Å². The minimum Gasteiger partial charge on any atom is -0.356 e. The van der Waals surface area contributed by atoms with E-state index < -0.39 is 0 Å². The third kappa shape index (κ3) is 5.02. The van der Waals surface area contributed by atoms with Gasteiger partial charge in [0.05, 0.1) is 5.75 Å². The van der Waals surface area contributed by atoms with Crippen LogP contribution >= 0.6 is 23.1 Å². The summed E-state index contributed by atoms with van der Waals surface area (Å²) in [5, 5.41) is 12.5. The zero-order valence-corrected chi connectivity index (χ0v) is 17.1. The predicted octanol–water partition coefficient (Wildman–Crippen LogP) is 4.28. The van der Waals surface area contributed by atoms with E-state index in [2.05, 4.69) is 32.5 Å². The first kappa shape index (κ1) is 18.7. The van der Waals surface area contributed by atoms with Gasteiger partial charge in [0.1, 0.15) is 0 Å². The van der Waals surface area contributed by atoms with Crippen LogP contribution in [0, 0.1) is 11.8 Å². The van der Waals surface area contributed by atoms with E-state index in [0.29, 0.717) is 5.75 Å². The summed E-state index contributed by atoms with van der Waals surface area (Å²) in [6.07, 6.45) is 6.57. The van der Waals surface area contributed by atoms with E-state index in [9.17, 15) is 4.79 Å². The number of nitrogens with one attached hydrogen (secondary N) is 1. The van der Waals surface area contributed by atoms with E-state index in [1.54, 1.807) is 0 Å². The summed E-state index contributed by atoms with van der Waals surface area (Å²) in [4.78, 5) is 14.7. The van der Waals surface area contributed by atoms with Gasteiger partial charge in [-0.1, -0.05) is 72.7 Å². The lowest BCUT2D eigenvalue weighted by atomic mass is 9.75. The smallest absolute Gasteiger partial charge is 0.233 e. The number of rotatable bonds is 6. The van der Waals surface area contributed by atoms with E-state index in [4.69, 9.17) is 0 Å². The summed E-state index contributed by atoms with van der Waals surface area (Å²) in [7, 11) is 0. The average molecular weight is 403 g/mol. The van der Waals surface area contributed by atoms with Crippen LogP contribution in [-0.2, 0) is 11.3 Å². The van der Waals surface area contributed by atoms with Gasteiger partial charge >= 0.3 is 0 Å². The summed E-state index contributed by atoms with van der Waals surface area (Å²) in [5.41, 5.74) is 1.21. The van der Waals surface area contributed by atoms with Crippen molar-refractivity contribution < 1.29 is 4.79 Å². The summed E-state index contributed by atoms with van der Waals surface area (Å²) in [5.74, 6) is 2.30. The Morgan fingerprint density at radius 3 is 2.81 bits per heavy atom. The normalized spacial score (nSPS) is 22.3. The fraction of sp³-hybridized carbons (Fsp3) is 0.550. The minimum absolute atomic E-state index is 0.248. The minimum atomic E-state index is 0.248. The molecule has 1 saturated carbocycles. The molecule has 5 nitrogen and oxygen atoms in total. The summed E-state index contributed by atoms with van der Waals surface area (Å²) < 4.78 is 0.853. The Kier molecular flexibility index (Phi) is 6.29. The van der Waals surface area contributed by atoms with Gasteiger partial charge in [0.2, 0.25) is 11.0 Å². The predicted molar refractivity (Wildman–Crippen MR) is 111 cm³/mol. The van der Waals surface area contributed by atoms with Gasteiger partial charge in [-0.3, -0.25) is 4.79 Å². The van der Waals surface area contributed by atoms with Gasteiger partial charge in [0.15, 0.2) is 4.34 Å². The standard InChI is InChI=1S/C20H26N4OS2/c25-18(24-11-10-16-8-4-5-9-17(16)13-24)14-26-20-23-22-19(27-20)21-12-15-6-2-1-3-7-15/h1-3,6-7,16-17H,4-5,8-14H2,(H,21,22)/t16-,17+/m1/s1. The molecular weight excluding hydrogens is 376 g/mol. The zero-order chi connectivity index (χ0) is 18.5. The van der Waals surface area contributed by atoms with Crippen LogP contribution in [0.2, 0.25) is 0 Å². The van der Waals surface area contributed by atoms with Crippen molar-refractivity contribution in [2.24, 2.45) is 11.8 Å². The number of carbonyl (C=O) groups is 1. The Hall–Kier alpha value is -1.60. The molecule has 1 aliphatic carbocycles. The lowest BCUT2D eigenvalue weighted by molar-refractivity contribution is -0.131. The lowest BCUT2D eigenvalue weighted by Gasteiger charge is -2.41. The fourth-order valence-corrected chi connectivity index (χ4v) is 5.81. The first-order valence-electron chi connectivity index (χ1n) is 9.80. The number of benzene rings is 1. The highest BCUT2D eigenvalue weighted by atomic mass is 32.2. The number of aromatic nitrogens is 2. The van der Waals surface area contributed by atoms with Crippen molar-refractivity contribution in [1.29, 1.82) is 0 Å². The first-order chi connectivity index (χ1) is 13.3. The van der Waals surface area contributed by atoms with Crippen LogP contribution in [0.3, 0.4) is 0 Å². The lowest BCUT2D eigenvalue weighted by Crippen LogP contribution is -2.45. The third-order valence-electron chi connectivity index (χ3n) is 5.66. The van der Waals surface area contributed by atoms with Gasteiger partial charge in [-0.15, -0.1) is 10.2 Å². The Labute approximate surface area is 168 Å². The molecule has 1 aliphatic heterocycles. The SMILES string of the molecule is O=C(CSc1nnc(NCc2ccccc2)s1)N1CC[C@H]2CCCC[C@H]2C1. The van der Waals surface area contributed by atoms with Crippen molar-refractivity contribution in [3.05, 3.63) is 35.9 Å². The molecule has 1 aromatic carbocycles. The molecule has 0 spiro atoms. The number of amides is 1. The number of thioether (sulfide) groups is 1. The van der Waals surface area contributed by atoms with Crippen molar-refractivity contribution in [2.75, 3.05) is 24.2 Å². The number of hydrogen-bond acceptors (Lipinski definition) is 6. The number of hydrogen-bond donors (Lipinski definition) is 1. The van der Waals surface area contributed by atoms with Crippen LogP contribution in [-0.4, -0.2) is 39.8 Å². The molecule has 2 fully saturated rings. The number of piperidine rings is 1. The van der Waals surface area contributed by atoms with Crippen LogP contribution in [0.15, 0.2) is 34.7 Å². The number of nitrogens with zero attached hydrogens (tertiary/aromatic N) is 3. The summed E-state index contributed by atoms with van der Waals surface area (Å²) >= 11 is 3.03. The molecule has 2 aromatic rings. The van der Waals surface area contributed by atoms with Gasteiger partial charge in [-0.25, -0.2) is 0 Å². The molecule has 4 rings (SSSR count). The molecule has 27 heavy (non-hydrogen) atoms. The molecule has 144 valence electrons. The molecule has 2 atom stereocenters. The summed E-state index contributed by atoms with van der Waals surface area (Å²) in [6.45, 7) is 2.63. The van der Waals surface area contributed by atoms with Gasteiger partial charge in [0, 0.05) is 19.6 Å². The van der Waals surface area contributed by atoms with E-state index >= 15 is 0 Å². The quantitative estimate of drug-likeness (QED) is 0.731. The van der Waals surface area contributed by atoms with E-state index in [1.165, 1.54) is 60.8 Å². The van der Waals surface area contributed by atoms with Crippen LogP contribution in [0.25, 0.3) is 0 Å². The van der Waals surface area contributed by atoms with E-state index in [1.807, 2.05) is 18.2 Å². The van der Waals surface area contributed by atoms with Gasteiger partial charge in [0.25, 0.3) is 0 Å². The van der Waals surface area contributed by atoms with Crippen molar-refractivity contribution in [2.45, 2.75) is 43.0 Å². The molecule has 1 saturated heterocycles. The number of carbonyl (C=O) groups excluding carboxylic acids is 1. The highest BCUT2D eigenvalue weighted by Crippen LogP contribution is 2.36. The molecule has 7 heteroatoms. The molecule has 2 heterocycles. The van der Waals surface area contributed by atoms with Gasteiger partial charge in [-0.05, 0) is 30.2 Å². The number of likely N-dealkylation sites (tertiary alicyclic amines) is 1. The van der Waals surface area contributed by atoms with Crippen molar-refractivity contribution in [1.82, 2.24) is 15.1 Å². The number of fused-ring (bicyclic) bond motifs is 1. The second kappa shape index (κ2) is 9.06. The maximum absolute atomic E-state index is 12.6. The van der Waals surface area contributed by atoms with Crippen LogP contribution in [0.1, 0.15) is 37.7 Å². The number of anilines is 1. The Balaban J connectivity index is 1.23. The van der Waals surface area contributed by atoms with E-state index in [-0.39, 0.29) is 5.91 Å². The largest absolute Gasteiger partial charge is 0.356 e.